The number of nitrogens with zero attached hydrogens (tertiary/aromatic N) is 1. The molecule has 0 saturated heterocycles. The summed E-state index contributed by atoms with van der Waals surface area (Å²) in [6.07, 6.45) is 5.00. The second-order valence-electron chi connectivity index (χ2n) is 3.17. The maximum atomic E-state index is 5.43. The molecule has 0 spiro atoms. The van der Waals surface area contributed by atoms with E-state index < -0.39 is 0 Å². The molecule has 1 aromatic rings. The topological polar surface area (TPSA) is 34.1 Å². The van der Waals surface area contributed by atoms with E-state index >= 15 is 0 Å². The minimum absolute atomic E-state index is 0.570. The Morgan fingerprint density at radius 1 is 1.47 bits per heavy atom. The van der Waals surface area contributed by atoms with E-state index in [4.69, 9.17) is 4.74 Å². The summed E-state index contributed by atoms with van der Waals surface area (Å²) >= 11 is 0. The Labute approximate surface area is 91.2 Å². The summed E-state index contributed by atoms with van der Waals surface area (Å²) in [5, 5.41) is 3.22. The molecule has 15 heavy (non-hydrogen) atoms. The Kier molecular flexibility index (Phi) is 5.30. The lowest BCUT2D eigenvalue weighted by Crippen LogP contribution is -2.03. The zero-order valence-corrected chi connectivity index (χ0v) is 9.36. The maximum absolute atomic E-state index is 5.43. The predicted octanol–water partition coefficient (Wildman–Crippen LogP) is 2.86. The van der Waals surface area contributed by atoms with Crippen LogP contribution in [0.5, 0.6) is 5.88 Å². The highest BCUT2D eigenvalue weighted by Gasteiger charge is 1.96. The Morgan fingerprint density at radius 3 is 3.07 bits per heavy atom. The smallest absolute Gasteiger partial charge is 0.215 e. The first-order valence-electron chi connectivity index (χ1n) is 5.31. The van der Waals surface area contributed by atoms with E-state index in [1.807, 2.05) is 37.3 Å². The number of hydrogen-bond donors (Lipinski definition) is 1. The maximum Gasteiger partial charge on any atom is 0.215 e. The summed E-state index contributed by atoms with van der Waals surface area (Å²) in [6, 6.07) is 5.74. The summed E-state index contributed by atoms with van der Waals surface area (Å²) in [4.78, 5) is 4.31. The number of anilines is 1. The van der Waals surface area contributed by atoms with E-state index in [0.717, 1.165) is 18.8 Å². The Bertz CT molecular complexity index is 310. The molecule has 0 bridgehead atoms. The number of pyridine rings is 1. The van der Waals surface area contributed by atoms with Crippen LogP contribution in [0.15, 0.2) is 30.4 Å². The number of nitrogens with one attached hydrogen (secondary N) is 1. The summed E-state index contributed by atoms with van der Waals surface area (Å²) in [5.74, 6) is 1.53. The van der Waals surface area contributed by atoms with Crippen LogP contribution in [-0.4, -0.2) is 18.1 Å². The van der Waals surface area contributed by atoms with Crippen LogP contribution in [0.1, 0.15) is 20.3 Å². The molecular formula is C12H18N2O. The van der Waals surface area contributed by atoms with Gasteiger partial charge in [0.05, 0.1) is 0 Å². The summed E-state index contributed by atoms with van der Waals surface area (Å²) in [7, 11) is 0. The first-order valence-corrected chi connectivity index (χ1v) is 5.31. The van der Waals surface area contributed by atoms with Crippen LogP contribution in [0.2, 0.25) is 0 Å². The molecule has 0 aliphatic heterocycles. The van der Waals surface area contributed by atoms with Crippen LogP contribution in [0, 0.1) is 0 Å². The molecule has 0 amide bonds. The van der Waals surface area contributed by atoms with Crippen LogP contribution < -0.4 is 10.1 Å². The highest BCUT2D eigenvalue weighted by Crippen LogP contribution is 2.11. The predicted molar refractivity (Wildman–Crippen MR) is 63.3 cm³/mol. The van der Waals surface area contributed by atoms with Gasteiger partial charge in [0, 0.05) is 12.6 Å². The Balaban J connectivity index is 2.49. The molecule has 0 aliphatic carbocycles. The molecule has 1 rings (SSSR count). The molecule has 3 nitrogen and oxygen atoms in total. The molecule has 0 aromatic carbocycles. The third-order valence-electron chi connectivity index (χ3n) is 1.84. The standard InChI is InChI=1S/C12H18N2O/c1-3-5-10-15-12-8-6-7-11(14-12)13-9-4-2/h3,5-8H,4,9-10H2,1-2H3,(H,13,14)/b5-3+. The third-order valence-corrected chi connectivity index (χ3v) is 1.84. The van der Waals surface area contributed by atoms with Gasteiger partial charge in [-0.15, -0.1) is 0 Å². The summed E-state index contributed by atoms with van der Waals surface area (Å²) in [5.41, 5.74) is 0. The lowest BCUT2D eigenvalue weighted by molar-refractivity contribution is 0.349. The molecule has 1 aromatic heterocycles. The van der Waals surface area contributed by atoms with Gasteiger partial charge in [0.15, 0.2) is 0 Å². The number of rotatable bonds is 6. The molecule has 82 valence electrons. The van der Waals surface area contributed by atoms with Gasteiger partial charge in [-0.1, -0.05) is 25.1 Å². The first-order chi connectivity index (χ1) is 7.36. The van der Waals surface area contributed by atoms with E-state index in [0.29, 0.717) is 12.5 Å². The molecule has 3 heteroatoms. The number of allylic oxidation sites excluding steroid dienone is 1. The largest absolute Gasteiger partial charge is 0.473 e. The van der Waals surface area contributed by atoms with Crippen LogP contribution in [0.3, 0.4) is 0 Å². The SMILES string of the molecule is C/C=C/COc1cccc(NCCC)n1. The molecule has 0 fully saturated rings. The van der Waals surface area contributed by atoms with Crippen LogP contribution in [-0.2, 0) is 0 Å². The lowest BCUT2D eigenvalue weighted by Gasteiger charge is -2.06. The van der Waals surface area contributed by atoms with Crippen molar-refractivity contribution in [3.8, 4) is 5.88 Å². The number of aromatic nitrogens is 1. The fraction of sp³-hybridized carbons (Fsp3) is 0.417. The van der Waals surface area contributed by atoms with Gasteiger partial charge >= 0.3 is 0 Å². The van der Waals surface area contributed by atoms with Crippen molar-refractivity contribution in [3.63, 3.8) is 0 Å². The van der Waals surface area contributed by atoms with Crippen molar-refractivity contribution in [3.05, 3.63) is 30.4 Å². The minimum Gasteiger partial charge on any atom is -0.473 e. The van der Waals surface area contributed by atoms with Crippen LogP contribution in [0.4, 0.5) is 5.82 Å². The van der Waals surface area contributed by atoms with Gasteiger partial charge in [0.2, 0.25) is 5.88 Å². The van der Waals surface area contributed by atoms with E-state index in [1.54, 1.807) is 0 Å². The fourth-order valence-electron chi connectivity index (χ4n) is 1.08. The van der Waals surface area contributed by atoms with E-state index in [-0.39, 0.29) is 0 Å². The molecule has 1 heterocycles. The average Bonchev–Trinajstić information content (AvgIpc) is 2.27. The molecule has 0 radical (unpaired) electrons. The van der Waals surface area contributed by atoms with Crippen molar-refractivity contribution in [1.29, 1.82) is 0 Å². The van der Waals surface area contributed by atoms with Crippen molar-refractivity contribution in [2.75, 3.05) is 18.5 Å². The molecule has 1 N–H and O–H groups in total. The van der Waals surface area contributed by atoms with Crippen LogP contribution in [0.25, 0.3) is 0 Å². The minimum atomic E-state index is 0.570. The molecule has 0 unspecified atom stereocenters. The second-order valence-corrected chi connectivity index (χ2v) is 3.17. The quantitative estimate of drug-likeness (QED) is 0.727. The molecule has 0 aliphatic rings. The number of ether oxygens (including phenoxy) is 1. The van der Waals surface area contributed by atoms with Gasteiger partial charge in [-0.2, -0.15) is 4.98 Å². The lowest BCUT2D eigenvalue weighted by atomic mass is 10.4. The van der Waals surface area contributed by atoms with Gasteiger partial charge in [0.25, 0.3) is 0 Å². The number of hydrogen-bond acceptors (Lipinski definition) is 3. The summed E-state index contributed by atoms with van der Waals surface area (Å²) in [6.45, 7) is 5.60. The van der Waals surface area contributed by atoms with Gasteiger partial charge in [-0.05, 0) is 19.4 Å². The first kappa shape index (κ1) is 11.6. The van der Waals surface area contributed by atoms with Gasteiger partial charge in [0.1, 0.15) is 12.4 Å². The Morgan fingerprint density at radius 2 is 2.33 bits per heavy atom. The molecule has 0 atom stereocenters. The van der Waals surface area contributed by atoms with E-state index in [2.05, 4.69) is 17.2 Å². The normalized spacial score (nSPS) is 10.5. The zero-order chi connectivity index (χ0) is 10.9. The van der Waals surface area contributed by atoms with Crippen LogP contribution >= 0.6 is 0 Å². The third kappa shape index (κ3) is 4.49. The fourth-order valence-corrected chi connectivity index (χ4v) is 1.08. The zero-order valence-electron chi connectivity index (χ0n) is 9.36. The van der Waals surface area contributed by atoms with Crippen molar-refractivity contribution in [1.82, 2.24) is 4.98 Å². The van der Waals surface area contributed by atoms with Gasteiger partial charge in [-0.3, -0.25) is 0 Å². The molecular weight excluding hydrogens is 188 g/mol. The summed E-state index contributed by atoms with van der Waals surface area (Å²) < 4.78 is 5.43. The van der Waals surface area contributed by atoms with Crippen molar-refractivity contribution in [2.45, 2.75) is 20.3 Å². The highest BCUT2D eigenvalue weighted by molar-refractivity contribution is 5.36. The molecule has 0 saturated carbocycles. The van der Waals surface area contributed by atoms with Gasteiger partial charge < -0.3 is 10.1 Å². The second kappa shape index (κ2) is 6.87. The van der Waals surface area contributed by atoms with Crippen molar-refractivity contribution >= 4 is 5.82 Å². The van der Waals surface area contributed by atoms with Crippen molar-refractivity contribution < 1.29 is 4.74 Å². The van der Waals surface area contributed by atoms with E-state index in [1.165, 1.54) is 0 Å². The highest BCUT2D eigenvalue weighted by atomic mass is 16.5. The van der Waals surface area contributed by atoms with Gasteiger partial charge in [-0.25, -0.2) is 0 Å². The van der Waals surface area contributed by atoms with Crippen molar-refractivity contribution in [2.24, 2.45) is 0 Å². The average molecular weight is 206 g/mol. The Hall–Kier alpha value is -1.51. The monoisotopic (exact) mass is 206 g/mol. The van der Waals surface area contributed by atoms with E-state index in [9.17, 15) is 0 Å².